The van der Waals surface area contributed by atoms with Crippen molar-refractivity contribution in [2.75, 3.05) is 0 Å². The number of nitrogens with one attached hydrogen (secondary N) is 1. The minimum Gasteiger partial charge on any atom is -0.358 e. The summed E-state index contributed by atoms with van der Waals surface area (Å²) < 4.78 is 0. The zero-order valence-electron chi connectivity index (χ0n) is 13.9. The number of aryl methyl sites for hydroxylation is 2. The highest BCUT2D eigenvalue weighted by Gasteiger charge is 2.15. The van der Waals surface area contributed by atoms with E-state index in [1.807, 2.05) is 13.8 Å². The van der Waals surface area contributed by atoms with Gasteiger partial charge in [0.05, 0.1) is 0 Å². The van der Waals surface area contributed by atoms with Crippen LogP contribution in [0.4, 0.5) is 0 Å². The van der Waals surface area contributed by atoms with Gasteiger partial charge in [0.2, 0.25) is 0 Å². The maximum absolute atomic E-state index is 12.2. The molecule has 0 unspecified atom stereocenters. The molecule has 1 aromatic carbocycles. The summed E-state index contributed by atoms with van der Waals surface area (Å²) in [6.07, 6.45) is 0.767. The van der Waals surface area contributed by atoms with Crippen molar-refractivity contribution in [3.63, 3.8) is 0 Å². The first-order valence-electron chi connectivity index (χ1n) is 7.58. The molecule has 0 saturated heterocycles. The molecule has 112 valence electrons. The van der Waals surface area contributed by atoms with E-state index in [0.717, 1.165) is 28.9 Å². The predicted octanol–water partition coefficient (Wildman–Crippen LogP) is 4.52. The van der Waals surface area contributed by atoms with E-state index in [1.54, 1.807) is 6.07 Å². The Kier molecular flexibility index (Phi) is 4.08. The Morgan fingerprint density at radius 2 is 1.76 bits per heavy atom. The van der Waals surface area contributed by atoms with Crippen LogP contribution in [0.2, 0.25) is 0 Å². The van der Waals surface area contributed by atoms with Crippen molar-refractivity contribution in [1.82, 2.24) is 4.98 Å². The molecular weight excluding hydrogens is 258 g/mol. The molecule has 0 spiro atoms. The third kappa shape index (κ3) is 3.10. The van der Waals surface area contributed by atoms with E-state index in [1.165, 1.54) is 11.1 Å². The molecule has 1 aromatic heterocycles. The lowest BCUT2D eigenvalue weighted by atomic mass is 9.85. The Balaban J connectivity index is 2.56. The summed E-state index contributed by atoms with van der Waals surface area (Å²) in [6, 6.07) is 8.22. The fourth-order valence-corrected chi connectivity index (χ4v) is 2.73. The molecule has 0 aliphatic carbocycles. The van der Waals surface area contributed by atoms with Crippen molar-refractivity contribution in [2.45, 2.75) is 53.4 Å². The third-order valence-corrected chi connectivity index (χ3v) is 4.08. The van der Waals surface area contributed by atoms with Crippen LogP contribution < -0.4 is 5.43 Å². The van der Waals surface area contributed by atoms with Gasteiger partial charge in [-0.1, -0.05) is 45.9 Å². The van der Waals surface area contributed by atoms with Gasteiger partial charge in [-0.25, -0.2) is 0 Å². The lowest BCUT2D eigenvalue weighted by molar-refractivity contribution is 0.590. The van der Waals surface area contributed by atoms with E-state index in [9.17, 15) is 4.79 Å². The molecule has 2 nitrogen and oxygen atoms in total. The molecule has 0 bridgehead atoms. The van der Waals surface area contributed by atoms with Crippen molar-refractivity contribution in [2.24, 2.45) is 0 Å². The van der Waals surface area contributed by atoms with Gasteiger partial charge in [0.1, 0.15) is 0 Å². The molecule has 0 aliphatic rings. The zero-order valence-corrected chi connectivity index (χ0v) is 13.9. The van der Waals surface area contributed by atoms with Crippen molar-refractivity contribution in [1.29, 1.82) is 0 Å². The van der Waals surface area contributed by atoms with E-state index in [4.69, 9.17) is 0 Å². The molecule has 1 heterocycles. The summed E-state index contributed by atoms with van der Waals surface area (Å²) >= 11 is 0. The minimum atomic E-state index is 0.128. The predicted molar refractivity (Wildman–Crippen MR) is 90.1 cm³/mol. The molecule has 2 aromatic rings. The molecule has 2 rings (SSSR count). The first-order chi connectivity index (χ1) is 9.74. The van der Waals surface area contributed by atoms with Crippen LogP contribution in [0.25, 0.3) is 11.3 Å². The van der Waals surface area contributed by atoms with Crippen molar-refractivity contribution in [3.05, 3.63) is 56.9 Å². The monoisotopic (exact) mass is 283 g/mol. The van der Waals surface area contributed by atoms with Gasteiger partial charge in [0.25, 0.3) is 0 Å². The molecule has 0 aliphatic heterocycles. The van der Waals surface area contributed by atoms with Gasteiger partial charge >= 0.3 is 0 Å². The number of hydrogen-bond donors (Lipinski definition) is 1. The standard InChI is InChI=1S/C19H25NO/c1-7-15-13(3)20-17(11-18(15)21)16-9-8-14(10-12(16)2)19(4,5)6/h8-11H,7H2,1-6H3,(H,20,21). The Hall–Kier alpha value is -1.83. The van der Waals surface area contributed by atoms with Gasteiger partial charge < -0.3 is 4.98 Å². The van der Waals surface area contributed by atoms with Crippen LogP contribution in [0.5, 0.6) is 0 Å². The van der Waals surface area contributed by atoms with Crippen molar-refractivity contribution in [3.8, 4) is 11.3 Å². The van der Waals surface area contributed by atoms with Crippen LogP contribution in [0, 0.1) is 13.8 Å². The quantitative estimate of drug-likeness (QED) is 0.863. The first-order valence-corrected chi connectivity index (χ1v) is 7.58. The Labute approximate surface area is 127 Å². The largest absolute Gasteiger partial charge is 0.358 e. The Morgan fingerprint density at radius 3 is 2.24 bits per heavy atom. The normalized spacial score (nSPS) is 11.7. The van der Waals surface area contributed by atoms with E-state index in [2.05, 4.69) is 50.9 Å². The van der Waals surface area contributed by atoms with Crippen molar-refractivity contribution < 1.29 is 0 Å². The molecule has 0 amide bonds. The summed E-state index contributed by atoms with van der Waals surface area (Å²) in [7, 11) is 0. The Morgan fingerprint density at radius 1 is 1.10 bits per heavy atom. The Bertz CT molecular complexity index is 717. The smallest absolute Gasteiger partial charge is 0.185 e. The zero-order chi connectivity index (χ0) is 15.8. The van der Waals surface area contributed by atoms with Gasteiger partial charge in [-0.3, -0.25) is 4.79 Å². The third-order valence-electron chi connectivity index (χ3n) is 4.08. The highest BCUT2D eigenvalue weighted by atomic mass is 16.1. The summed E-state index contributed by atoms with van der Waals surface area (Å²) in [5.41, 5.74) is 6.64. The van der Waals surface area contributed by atoms with E-state index >= 15 is 0 Å². The highest BCUT2D eigenvalue weighted by Crippen LogP contribution is 2.28. The van der Waals surface area contributed by atoms with Crippen LogP contribution in [0.1, 0.15) is 50.1 Å². The van der Waals surface area contributed by atoms with Crippen molar-refractivity contribution >= 4 is 0 Å². The van der Waals surface area contributed by atoms with Gasteiger partial charge in [-0.05, 0) is 36.8 Å². The molecule has 0 fully saturated rings. The van der Waals surface area contributed by atoms with Gasteiger partial charge in [0.15, 0.2) is 5.43 Å². The van der Waals surface area contributed by atoms with Gasteiger partial charge in [0, 0.05) is 28.6 Å². The van der Waals surface area contributed by atoms with E-state index < -0.39 is 0 Å². The summed E-state index contributed by atoms with van der Waals surface area (Å²) in [5.74, 6) is 0. The fourth-order valence-electron chi connectivity index (χ4n) is 2.73. The van der Waals surface area contributed by atoms with E-state index in [0.29, 0.717) is 0 Å². The summed E-state index contributed by atoms with van der Waals surface area (Å²) in [6.45, 7) is 12.7. The molecule has 0 saturated carbocycles. The lowest BCUT2D eigenvalue weighted by Crippen LogP contribution is -2.13. The van der Waals surface area contributed by atoms with Crippen LogP contribution in [0.3, 0.4) is 0 Å². The second kappa shape index (κ2) is 5.51. The molecule has 0 radical (unpaired) electrons. The number of aromatic amines is 1. The average Bonchev–Trinajstić information content (AvgIpc) is 2.37. The van der Waals surface area contributed by atoms with Crippen LogP contribution >= 0.6 is 0 Å². The lowest BCUT2D eigenvalue weighted by Gasteiger charge is -2.20. The van der Waals surface area contributed by atoms with Crippen LogP contribution in [-0.2, 0) is 11.8 Å². The number of aromatic nitrogens is 1. The molecule has 21 heavy (non-hydrogen) atoms. The first kappa shape index (κ1) is 15.6. The fraction of sp³-hybridized carbons (Fsp3) is 0.421. The maximum atomic E-state index is 12.2. The number of hydrogen-bond acceptors (Lipinski definition) is 1. The average molecular weight is 283 g/mol. The highest BCUT2D eigenvalue weighted by molar-refractivity contribution is 5.64. The molecule has 2 heteroatoms. The van der Waals surface area contributed by atoms with E-state index in [-0.39, 0.29) is 10.8 Å². The second-order valence-electron chi connectivity index (χ2n) is 6.78. The number of pyridine rings is 1. The van der Waals surface area contributed by atoms with Crippen LogP contribution in [-0.4, -0.2) is 4.98 Å². The number of H-pyrrole nitrogens is 1. The minimum absolute atomic E-state index is 0.128. The van der Waals surface area contributed by atoms with Gasteiger partial charge in [-0.15, -0.1) is 0 Å². The summed E-state index contributed by atoms with van der Waals surface area (Å²) in [5, 5.41) is 0. The maximum Gasteiger partial charge on any atom is 0.185 e. The molecular formula is C19H25NO. The second-order valence-corrected chi connectivity index (χ2v) is 6.78. The van der Waals surface area contributed by atoms with Crippen LogP contribution in [0.15, 0.2) is 29.1 Å². The number of rotatable bonds is 2. The molecule has 1 N–H and O–H groups in total. The number of benzene rings is 1. The topological polar surface area (TPSA) is 32.9 Å². The SMILES string of the molecule is CCc1c(C)[nH]c(-c2ccc(C(C)(C)C)cc2C)cc1=O. The summed E-state index contributed by atoms with van der Waals surface area (Å²) in [4.78, 5) is 15.6. The molecule has 0 atom stereocenters. The van der Waals surface area contributed by atoms with Gasteiger partial charge in [-0.2, -0.15) is 0 Å².